The minimum absolute atomic E-state index is 0.0130. The summed E-state index contributed by atoms with van der Waals surface area (Å²) in [6, 6.07) is 8.99. The number of hydroxylamine groups is 2. The normalized spacial score (nSPS) is 17.9. The Bertz CT molecular complexity index is 969. The molecule has 1 atom stereocenters. The monoisotopic (exact) mass is 489 g/mol. The summed E-state index contributed by atoms with van der Waals surface area (Å²) in [5.41, 5.74) is -1.80. The van der Waals surface area contributed by atoms with E-state index < -0.39 is 41.6 Å². The molecular weight excluding hydrogens is 458 g/mol. The molecule has 1 fully saturated rings. The van der Waals surface area contributed by atoms with Crippen LogP contribution in [0.15, 0.2) is 36.4 Å². The Morgan fingerprint density at radius 1 is 1.17 bits per heavy atom. The molecule has 190 valence electrons. The summed E-state index contributed by atoms with van der Waals surface area (Å²) < 4.78 is 9.77. The molecule has 1 aliphatic rings. The minimum atomic E-state index is -1.84. The van der Waals surface area contributed by atoms with Gasteiger partial charge in [-0.05, 0) is 32.8 Å². The van der Waals surface area contributed by atoms with E-state index in [-0.39, 0.29) is 32.5 Å². The van der Waals surface area contributed by atoms with Crippen LogP contribution in [0.5, 0.6) is 0 Å². The first kappa shape index (κ1) is 27.6. The van der Waals surface area contributed by atoms with Gasteiger partial charge in [0.1, 0.15) is 19.1 Å². The fourth-order valence-corrected chi connectivity index (χ4v) is 3.55. The van der Waals surface area contributed by atoms with Crippen molar-refractivity contribution in [2.24, 2.45) is 0 Å². The summed E-state index contributed by atoms with van der Waals surface area (Å²) in [4.78, 5) is 68.8. The minimum Gasteiger partial charge on any atom is -0.469 e. The summed E-state index contributed by atoms with van der Waals surface area (Å²) in [7, 11) is 1.19. The van der Waals surface area contributed by atoms with Crippen LogP contribution < -0.4 is 5.32 Å². The molecule has 1 aromatic rings. The van der Waals surface area contributed by atoms with Crippen LogP contribution in [0.4, 0.5) is 4.79 Å². The molecular formula is C24H31N3O8. The van der Waals surface area contributed by atoms with E-state index in [1.807, 2.05) is 6.07 Å². The van der Waals surface area contributed by atoms with Crippen LogP contribution in [0, 0.1) is 0 Å². The molecule has 2 rings (SSSR count). The molecule has 11 nitrogen and oxygen atoms in total. The fraction of sp³-hybridized carbons (Fsp3) is 0.500. The van der Waals surface area contributed by atoms with Gasteiger partial charge in [-0.1, -0.05) is 30.3 Å². The quantitative estimate of drug-likeness (QED) is 0.407. The van der Waals surface area contributed by atoms with Crippen molar-refractivity contribution in [3.63, 3.8) is 0 Å². The number of nitrogens with zero attached hydrogens (tertiary/aromatic N) is 2. The number of methoxy groups -OCH3 is 1. The number of amides is 3. The predicted molar refractivity (Wildman–Crippen MR) is 123 cm³/mol. The molecule has 1 N–H and O–H groups in total. The fourth-order valence-electron chi connectivity index (χ4n) is 3.55. The van der Waals surface area contributed by atoms with Crippen molar-refractivity contribution >= 4 is 29.8 Å². The Balaban J connectivity index is 2.18. The van der Waals surface area contributed by atoms with Gasteiger partial charge in [-0.25, -0.2) is 14.7 Å². The van der Waals surface area contributed by atoms with Gasteiger partial charge < -0.3 is 19.7 Å². The topological polar surface area (TPSA) is 132 Å². The van der Waals surface area contributed by atoms with Crippen LogP contribution in [-0.2, 0) is 40.1 Å². The maximum absolute atomic E-state index is 13.5. The number of ether oxygens (including phenoxy) is 2. The number of piperazine rings is 1. The zero-order chi connectivity index (χ0) is 26.1. The first-order valence-corrected chi connectivity index (χ1v) is 11.1. The van der Waals surface area contributed by atoms with Crippen molar-refractivity contribution < 1.29 is 38.3 Å². The second-order valence-electron chi connectivity index (χ2n) is 8.83. The second kappa shape index (κ2) is 12.1. The molecule has 1 aliphatic heterocycles. The second-order valence-corrected chi connectivity index (χ2v) is 8.83. The highest BCUT2D eigenvalue weighted by atomic mass is 16.7. The van der Waals surface area contributed by atoms with E-state index in [1.165, 1.54) is 7.11 Å². The van der Waals surface area contributed by atoms with Crippen molar-refractivity contribution in [1.29, 1.82) is 0 Å². The lowest BCUT2D eigenvalue weighted by atomic mass is 9.87. The van der Waals surface area contributed by atoms with Gasteiger partial charge in [0.25, 0.3) is 5.91 Å². The number of nitrogens with one attached hydrogen (secondary N) is 1. The molecule has 0 bridgehead atoms. The number of esters is 1. The van der Waals surface area contributed by atoms with Crippen LogP contribution in [0.1, 0.15) is 39.2 Å². The lowest BCUT2D eigenvalue weighted by molar-refractivity contribution is -0.244. The largest absolute Gasteiger partial charge is 0.469 e. The number of hydrogen-bond acceptors (Lipinski definition) is 8. The Morgan fingerprint density at radius 3 is 2.46 bits per heavy atom. The van der Waals surface area contributed by atoms with Crippen molar-refractivity contribution in [1.82, 2.24) is 15.3 Å². The predicted octanol–water partition coefficient (Wildman–Crippen LogP) is 1.39. The molecule has 0 unspecified atom stereocenters. The Labute approximate surface area is 203 Å². The molecule has 0 radical (unpaired) electrons. The Kier molecular flexibility index (Phi) is 9.56. The van der Waals surface area contributed by atoms with E-state index in [0.717, 1.165) is 21.6 Å². The molecule has 0 aromatic heterocycles. The van der Waals surface area contributed by atoms with Gasteiger partial charge in [-0.2, -0.15) is 0 Å². The number of carbonyl (C=O) groups excluding carboxylic acids is 5. The molecule has 1 heterocycles. The third-order valence-corrected chi connectivity index (χ3v) is 5.12. The summed E-state index contributed by atoms with van der Waals surface area (Å²) in [5, 5.41) is 3.44. The molecule has 0 saturated carbocycles. The van der Waals surface area contributed by atoms with Crippen LogP contribution in [-0.4, -0.2) is 77.7 Å². The van der Waals surface area contributed by atoms with Gasteiger partial charge >= 0.3 is 12.1 Å². The van der Waals surface area contributed by atoms with Crippen molar-refractivity contribution in [3.8, 4) is 0 Å². The average molecular weight is 490 g/mol. The van der Waals surface area contributed by atoms with E-state index in [2.05, 4.69) is 10.1 Å². The summed E-state index contributed by atoms with van der Waals surface area (Å²) >= 11 is 0. The summed E-state index contributed by atoms with van der Waals surface area (Å²) in [6.07, 6.45) is -0.404. The van der Waals surface area contributed by atoms with Crippen molar-refractivity contribution in [2.45, 2.75) is 51.4 Å². The maximum Gasteiger partial charge on any atom is 0.407 e. The maximum atomic E-state index is 13.5. The van der Waals surface area contributed by atoms with Crippen molar-refractivity contribution in [3.05, 3.63) is 42.0 Å². The van der Waals surface area contributed by atoms with E-state index in [1.54, 1.807) is 51.0 Å². The zero-order valence-corrected chi connectivity index (χ0v) is 20.4. The summed E-state index contributed by atoms with van der Waals surface area (Å²) in [6.45, 7) is 4.76. The molecule has 1 aromatic carbocycles. The van der Waals surface area contributed by atoms with Gasteiger partial charge in [0.05, 0.1) is 19.3 Å². The molecule has 3 amide bonds. The third kappa shape index (κ3) is 7.66. The first-order chi connectivity index (χ1) is 16.5. The molecule has 1 saturated heterocycles. The third-order valence-electron chi connectivity index (χ3n) is 5.12. The smallest absolute Gasteiger partial charge is 0.407 e. The number of alkyl carbamates (subject to hydrolysis) is 1. The number of carbonyl (C=O) groups is 4. The van der Waals surface area contributed by atoms with Gasteiger partial charge in [0.15, 0.2) is 5.54 Å². The molecule has 35 heavy (non-hydrogen) atoms. The van der Waals surface area contributed by atoms with Crippen LogP contribution in [0.2, 0.25) is 0 Å². The van der Waals surface area contributed by atoms with Crippen molar-refractivity contribution in [2.75, 3.05) is 26.7 Å². The lowest BCUT2D eigenvalue weighted by Gasteiger charge is -2.47. The summed E-state index contributed by atoms with van der Waals surface area (Å²) in [5.74, 6) is -0.393. The number of rotatable bonds is 9. The van der Waals surface area contributed by atoms with Gasteiger partial charge in [0.2, 0.25) is 5.91 Å². The molecule has 0 aliphatic carbocycles. The lowest BCUT2D eigenvalue weighted by Crippen LogP contribution is -2.68. The number of hydrogen-bond donors (Lipinski definition) is 1. The first-order valence-electron chi connectivity index (χ1n) is 11.1. The molecule has 11 heteroatoms. The molecule has 0 spiro atoms. The average Bonchev–Trinajstić information content (AvgIpc) is 2.82. The van der Waals surface area contributed by atoms with E-state index in [0.29, 0.717) is 0 Å². The number of benzene rings is 1. The van der Waals surface area contributed by atoms with Crippen LogP contribution in [0.3, 0.4) is 0 Å². The highest BCUT2D eigenvalue weighted by Gasteiger charge is 2.51. The van der Waals surface area contributed by atoms with Crippen LogP contribution >= 0.6 is 0 Å². The zero-order valence-electron chi connectivity index (χ0n) is 20.4. The van der Waals surface area contributed by atoms with E-state index >= 15 is 0 Å². The van der Waals surface area contributed by atoms with Gasteiger partial charge in [0, 0.05) is 19.0 Å². The van der Waals surface area contributed by atoms with E-state index in [4.69, 9.17) is 9.57 Å². The Morgan fingerprint density at radius 2 is 1.86 bits per heavy atom. The highest BCUT2D eigenvalue weighted by Crippen LogP contribution is 2.31. The van der Waals surface area contributed by atoms with Gasteiger partial charge in [-0.15, -0.1) is 0 Å². The standard InChI is InChI=1S/C24H31N3O8/c1-23(2,3)35-27-14-13-26(24(12-15-28,21(27)31)11-10-20(30)33-4)19(29)16-25-22(32)34-17-18-8-6-5-7-9-18/h5-9,12H,10-11,13-14,16-17H2,1-4H3,(H,25,32)/t24-/m0/s1. The van der Waals surface area contributed by atoms with Gasteiger partial charge in [-0.3, -0.25) is 19.2 Å². The van der Waals surface area contributed by atoms with Crippen LogP contribution in [0.25, 0.3) is 0 Å². The van der Waals surface area contributed by atoms with E-state index in [9.17, 15) is 24.0 Å². The SMILES string of the molecule is COC(=O)CC[C@]1(C=C=O)C(=O)N(OC(C)(C)C)CCN1C(=O)CNC(=O)OCc1ccccc1. The highest BCUT2D eigenvalue weighted by molar-refractivity contribution is 5.96. The Hall–Kier alpha value is -3.69.